The van der Waals surface area contributed by atoms with Crippen LogP contribution in [0.4, 0.5) is 10.1 Å². The van der Waals surface area contributed by atoms with E-state index >= 15 is 0 Å². The molecule has 2 aliphatic rings. The number of hydrogen-bond acceptors (Lipinski definition) is 5. The molecule has 0 bridgehead atoms. The van der Waals surface area contributed by atoms with E-state index in [-0.39, 0.29) is 21.3 Å². The Balaban J connectivity index is 1.53. The number of anilines is 1. The minimum atomic E-state index is -1.13. The van der Waals surface area contributed by atoms with Crippen molar-refractivity contribution in [3.8, 4) is 0 Å². The largest absolute Gasteiger partial charge is 0.480 e. The fourth-order valence-corrected chi connectivity index (χ4v) is 5.74. The zero-order valence-corrected chi connectivity index (χ0v) is 21.1. The minimum Gasteiger partial charge on any atom is -0.480 e. The molecule has 1 heterocycles. The van der Waals surface area contributed by atoms with Crippen LogP contribution >= 0.6 is 23.2 Å². The number of rotatable bonds is 8. The summed E-state index contributed by atoms with van der Waals surface area (Å²) in [5, 5.41) is 15.9. The number of amides is 1. The lowest BCUT2D eigenvalue weighted by atomic mass is 9.61. The highest BCUT2D eigenvalue weighted by Gasteiger charge is 2.55. The van der Waals surface area contributed by atoms with Crippen molar-refractivity contribution in [2.75, 3.05) is 5.32 Å². The number of aromatic nitrogens is 1. The molecule has 3 N–H and O–H groups in total. The van der Waals surface area contributed by atoms with E-state index in [1.165, 1.54) is 12.4 Å². The Morgan fingerprint density at radius 1 is 1.11 bits per heavy atom. The molecule has 2 aromatic rings. The summed E-state index contributed by atoms with van der Waals surface area (Å²) >= 11 is 12.1. The monoisotopic (exact) mass is 533 g/mol. The highest BCUT2D eigenvalue weighted by atomic mass is 35.5. The average molecular weight is 534 g/mol. The fourth-order valence-electron chi connectivity index (χ4n) is 5.21. The molecule has 1 spiro atoms. The second-order valence-electron chi connectivity index (χ2n) is 9.19. The fraction of sp³-hybridized carbons (Fsp3) is 0.385. The van der Waals surface area contributed by atoms with Gasteiger partial charge in [-0.25, -0.2) is 9.18 Å². The van der Waals surface area contributed by atoms with Gasteiger partial charge in [-0.3, -0.25) is 14.6 Å². The van der Waals surface area contributed by atoms with E-state index in [1.807, 2.05) is 6.92 Å². The van der Waals surface area contributed by atoms with Gasteiger partial charge in [-0.1, -0.05) is 61.5 Å². The first-order valence-corrected chi connectivity index (χ1v) is 12.6. The number of ketones is 1. The first-order chi connectivity index (χ1) is 17.2. The molecule has 0 aliphatic heterocycles. The molecule has 1 amide bonds. The molecule has 7 nitrogen and oxygen atoms in total. The predicted octanol–water partition coefficient (Wildman–Crippen LogP) is 5.89. The molecule has 36 heavy (non-hydrogen) atoms. The molecular formula is C26H26Cl2FN3O4. The standard InChI is InChI=1S/C26H26Cl2FN3O4/c1-2-16(21(25(35)36)32-22-20(29)23(33)26(22)10-4-3-5-11-26)14-6-8-15(9-7-14)31-24(34)19-17(27)12-30-13-18(19)28/h6-9,12-13,16,21,32H,2-5,10-11H2,1H3,(H,31,34)(H,35,36)/t16?,21-/m0/s1. The molecule has 10 heteroatoms. The van der Waals surface area contributed by atoms with Crippen molar-refractivity contribution in [2.45, 2.75) is 57.4 Å². The molecule has 0 saturated heterocycles. The molecule has 190 valence electrons. The topological polar surface area (TPSA) is 108 Å². The SMILES string of the molecule is CCC(c1ccc(NC(=O)c2c(Cl)cncc2Cl)cc1)[C@H](NC1=C(F)C(=O)C12CCCCC2)C(=O)O. The summed E-state index contributed by atoms with van der Waals surface area (Å²) in [6.07, 6.45) is 6.75. The van der Waals surface area contributed by atoms with Crippen molar-refractivity contribution in [2.24, 2.45) is 5.41 Å². The minimum absolute atomic E-state index is 0.0981. The molecule has 2 aliphatic carbocycles. The third-order valence-electron chi connectivity index (χ3n) is 7.12. The summed E-state index contributed by atoms with van der Waals surface area (Å²) in [7, 11) is 0. The lowest BCUT2D eigenvalue weighted by molar-refractivity contribution is -0.141. The Labute approximate surface area is 218 Å². The number of benzene rings is 1. The number of Topliss-reactive ketones (excluding diaryl/α,β-unsaturated/α-hetero) is 1. The van der Waals surface area contributed by atoms with Crippen LogP contribution < -0.4 is 10.6 Å². The zero-order valence-electron chi connectivity index (χ0n) is 19.6. The number of halogens is 3. The summed E-state index contributed by atoms with van der Waals surface area (Å²) in [6.45, 7) is 1.85. The summed E-state index contributed by atoms with van der Waals surface area (Å²) in [5.74, 6) is -3.52. The van der Waals surface area contributed by atoms with Gasteiger partial charge in [-0.15, -0.1) is 0 Å². The molecule has 1 aromatic heterocycles. The van der Waals surface area contributed by atoms with Crippen molar-refractivity contribution < 1.29 is 23.9 Å². The normalized spacial score (nSPS) is 18.4. The number of carboxylic acid groups (broad SMARTS) is 1. The van der Waals surface area contributed by atoms with Crippen LogP contribution in [0.1, 0.15) is 67.3 Å². The van der Waals surface area contributed by atoms with Crippen molar-refractivity contribution in [1.82, 2.24) is 10.3 Å². The Kier molecular flexibility index (Phi) is 7.66. The van der Waals surface area contributed by atoms with Crippen molar-refractivity contribution in [3.63, 3.8) is 0 Å². The van der Waals surface area contributed by atoms with E-state index in [0.29, 0.717) is 30.5 Å². The number of nitrogens with zero attached hydrogens (tertiary/aromatic N) is 1. The van der Waals surface area contributed by atoms with Gasteiger partial charge in [0.2, 0.25) is 5.78 Å². The summed E-state index contributed by atoms with van der Waals surface area (Å²) in [4.78, 5) is 41.1. The number of aliphatic carboxylic acids is 1. The molecule has 4 rings (SSSR count). The van der Waals surface area contributed by atoms with E-state index in [4.69, 9.17) is 23.2 Å². The van der Waals surface area contributed by atoms with Crippen molar-refractivity contribution in [3.05, 3.63) is 69.4 Å². The number of pyridine rings is 1. The van der Waals surface area contributed by atoms with Gasteiger partial charge in [0.25, 0.3) is 5.91 Å². The zero-order chi connectivity index (χ0) is 26.0. The second kappa shape index (κ2) is 10.6. The highest BCUT2D eigenvalue weighted by Crippen LogP contribution is 2.52. The van der Waals surface area contributed by atoms with Crippen LogP contribution in [0, 0.1) is 5.41 Å². The van der Waals surface area contributed by atoms with Gasteiger partial charge in [0.15, 0.2) is 5.83 Å². The number of carboxylic acids is 1. The van der Waals surface area contributed by atoms with Crippen LogP contribution in [0.2, 0.25) is 10.0 Å². The number of nitrogens with one attached hydrogen (secondary N) is 2. The predicted molar refractivity (Wildman–Crippen MR) is 135 cm³/mol. The van der Waals surface area contributed by atoms with Gasteiger partial charge in [-0.2, -0.15) is 0 Å². The van der Waals surface area contributed by atoms with Crippen LogP contribution in [0.15, 0.2) is 48.2 Å². The number of carbonyl (C=O) groups is 3. The Bertz CT molecular complexity index is 1210. The molecule has 1 aromatic carbocycles. The maximum absolute atomic E-state index is 14.6. The van der Waals surface area contributed by atoms with Crippen molar-refractivity contribution >= 4 is 46.5 Å². The van der Waals surface area contributed by atoms with Crippen LogP contribution in [0.25, 0.3) is 0 Å². The van der Waals surface area contributed by atoms with Gasteiger partial charge < -0.3 is 15.7 Å². The summed E-state index contributed by atoms with van der Waals surface area (Å²) < 4.78 is 14.6. The van der Waals surface area contributed by atoms with Gasteiger partial charge in [0, 0.05) is 24.0 Å². The van der Waals surface area contributed by atoms with Crippen LogP contribution in [0.5, 0.6) is 0 Å². The Morgan fingerprint density at radius 2 is 1.72 bits per heavy atom. The quantitative estimate of drug-likeness (QED) is 0.390. The molecule has 0 radical (unpaired) electrons. The average Bonchev–Trinajstić information content (AvgIpc) is 2.87. The van der Waals surface area contributed by atoms with E-state index < -0.39 is 40.9 Å². The highest BCUT2D eigenvalue weighted by molar-refractivity contribution is 6.40. The maximum atomic E-state index is 14.6. The first-order valence-electron chi connectivity index (χ1n) is 11.8. The van der Waals surface area contributed by atoms with Crippen LogP contribution in [0.3, 0.4) is 0 Å². The van der Waals surface area contributed by atoms with E-state index in [0.717, 1.165) is 19.3 Å². The smallest absolute Gasteiger partial charge is 0.326 e. The number of allylic oxidation sites excluding steroid dienone is 2. The van der Waals surface area contributed by atoms with E-state index in [2.05, 4.69) is 15.6 Å². The molecular weight excluding hydrogens is 508 g/mol. The van der Waals surface area contributed by atoms with E-state index in [9.17, 15) is 23.9 Å². The third kappa shape index (κ3) is 4.72. The summed E-state index contributed by atoms with van der Waals surface area (Å²) in [5.41, 5.74) is 0.466. The molecule has 1 unspecified atom stereocenters. The lowest BCUT2D eigenvalue weighted by Gasteiger charge is -2.45. The lowest BCUT2D eigenvalue weighted by Crippen LogP contribution is -2.54. The van der Waals surface area contributed by atoms with Crippen molar-refractivity contribution in [1.29, 1.82) is 0 Å². The second-order valence-corrected chi connectivity index (χ2v) is 10.0. The van der Waals surface area contributed by atoms with Gasteiger partial charge in [0.05, 0.1) is 26.7 Å². The molecule has 1 fully saturated rings. The Morgan fingerprint density at radius 3 is 2.28 bits per heavy atom. The maximum Gasteiger partial charge on any atom is 0.326 e. The van der Waals surface area contributed by atoms with Gasteiger partial charge in [0.1, 0.15) is 6.04 Å². The third-order valence-corrected chi connectivity index (χ3v) is 7.70. The van der Waals surface area contributed by atoms with Gasteiger partial charge >= 0.3 is 5.97 Å². The number of carbonyl (C=O) groups excluding carboxylic acids is 2. The van der Waals surface area contributed by atoms with Gasteiger partial charge in [-0.05, 0) is 37.0 Å². The molecule has 2 atom stereocenters. The first kappa shape index (κ1) is 26.1. The van der Waals surface area contributed by atoms with Crippen LogP contribution in [-0.4, -0.2) is 33.8 Å². The number of hydrogen-bond donors (Lipinski definition) is 3. The molecule has 1 saturated carbocycles. The Hall–Kier alpha value is -2.97. The van der Waals surface area contributed by atoms with E-state index in [1.54, 1.807) is 24.3 Å². The van der Waals surface area contributed by atoms with Crippen LogP contribution in [-0.2, 0) is 9.59 Å². The summed E-state index contributed by atoms with van der Waals surface area (Å²) in [6, 6.07) is 5.59.